The third-order valence-corrected chi connectivity index (χ3v) is 4.75. The van der Waals surface area contributed by atoms with E-state index >= 15 is 0 Å². The third-order valence-electron chi connectivity index (χ3n) is 4.75. The van der Waals surface area contributed by atoms with Crippen molar-refractivity contribution in [3.63, 3.8) is 0 Å². The molecule has 0 atom stereocenters. The summed E-state index contributed by atoms with van der Waals surface area (Å²) in [4.78, 5) is 14.8. The van der Waals surface area contributed by atoms with Crippen LogP contribution in [0, 0.1) is 0 Å². The van der Waals surface area contributed by atoms with Gasteiger partial charge in [0, 0.05) is 37.1 Å². The Balaban J connectivity index is 1.57. The number of methoxy groups -OCH3 is 1. The molecule has 27 heavy (non-hydrogen) atoms. The first-order chi connectivity index (χ1) is 13.0. The number of carbonyl (C=O) groups excluding carboxylic acids is 1. The van der Waals surface area contributed by atoms with Gasteiger partial charge in [-0.2, -0.15) is 0 Å². The summed E-state index contributed by atoms with van der Waals surface area (Å²) in [6.07, 6.45) is 2.58. The van der Waals surface area contributed by atoms with Crippen LogP contribution in [0.15, 0.2) is 48.5 Å². The van der Waals surface area contributed by atoms with Gasteiger partial charge in [0.2, 0.25) is 0 Å². The molecule has 5 nitrogen and oxygen atoms in total. The van der Waals surface area contributed by atoms with E-state index in [1.54, 1.807) is 19.2 Å². The first-order valence-electron chi connectivity index (χ1n) is 9.51. The summed E-state index contributed by atoms with van der Waals surface area (Å²) in [6.45, 7) is 5.94. The van der Waals surface area contributed by atoms with E-state index in [9.17, 15) is 4.79 Å². The van der Waals surface area contributed by atoms with Crippen LogP contribution < -0.4 is 15.0 Å². The summed E-state index contributed by atoms with van der Waals surface area (Å²) in [5.74, 6) is 0.642. The lowest BCUT2D eigenvalue weighted by Gasteiger charge is -2.33. The maximum absolute atomic E-state index is 12.4. The number of nitrogens with one attached hydrogen (secondary N) is 1. The summed E-state index contributed by atoms with van der Waals surface area (Å²) < 4.78 is 11.0. The van der Waals surface area contributed by atoms with Crippen LogP contribution in [0.5, 0.6) is 5.75 Å². The van der Waals surface area contributed by atoms with Gasteiger partial charge in [-0.3, -0.25) is 4.79 Å². The molecule has 0 bridgehead atoms. The Kier molecular flexibility index (Phi) is 6.35. The van der Waals surface area contributed by atoms with Crippen molar-refractivity contribution >= 4 is 17.3 Å². The molecule has 5 heteroatoms. The molecule has 0 spiro atoms. The van der Waals surface area contributed by atoms with Crippen LogP contribution in [0.1, 0.15) is 37.0 Å². The molecule has 1 N–H and O–H groups in total. The Labute approximate surface area is 161 Å². The fraction of sp³-hybridized carbons (Fsp3) is 0.409. The molecule has 0 unspecified atom stereocenters. The van der Waals surface area contributed by atoms with Crippen molar-refractivity contribution in [2.24, 2.45) is 0 Å². The molecule has 1 heterocycles. The van der Waals surface area contributed by atoms with Crippen LogP contribution in [0.4, 0.5) is 11.4 Å². The Morgan fingerprint density at radius 1 is 1.04 bits per heavy atom. The van der Waals surface area contributed by atoms with Crippen molar-refractivity contribution in [1.82, 2.24) is 0 Å². The normalized spacial score (nSPS) is 15.0. The highest BCUT2D eigenvalue weighted by Crippen LogP contribution is 2.23. The van der Waals surface area contributed by atoms with Crippen LogP contribution in [0.2, 0.25) is 0 Å². The minimum atomic E-state index is -0.125. The average Bonchev–Trinajstić information content (AvgIpc) is 2.69. The van der Waals surface area contributed by atoms with Gasteiger partial charge in [0.15, 0.2) is 0 Å². The van der Waals surface area contributed by atoms with E-state index in [4.69, 9.17) is 9.47 Å². The first-order valence-corrected chi connectivity index (χ1v) is 9.51. The van der Waals surface area contributed by atoms with Crippen LogP contribution >= 0.6 is 0 Å². The zero-order chi connectivity index (χ0) is 19.2. The number of anilines is 2. The largest absolute Gasteiger partial charge is 0.491 e. The van der Waals surface area contributed by atoms with Crippen molar-refractivity contribution in [1.29, 1.82) is 0 Å². The van der Waals surface area contributed by atoms with Gasteiger partial charge in [0.25, 0.3) is 5.91 Å². The van der Waals surface area contributed by atoms with Gasteiger partial charge in [0.05, 0.1) is 12.2 Å². The van der Waals surface area contributed by atoms with Crippen LogP contribution in [-0.4, -0.2) is 38.3 Å². The molecule has 0 saturated carbocycles. The molecule has 144 valence electrons. The predicted octanol–water partition coefficient (Wildman–Crippen LogP) is 4.34. The number of hydrogen-bond donors (Lipinski definition) is 1. The van der Waals surface area contributed by atoms with Gasteiger partial charge in [-0.05, 0) is 75.2 Å². The van der Waals surface area contributed by atoms with E-state index in [1.165, 1.54) is 5.69 Å². The Hall–Kier alpha value is -2.53. The second kappa shape index (κ2) is 8.91. The van der Waals surface area contributed by atoms with Gasteiger partial charge in [0.1, 0.15) is 5.75 Å². The molecule has 0 aliphatic carbocycles. The van der Waals surface area contributed by atoms with E-state index in [1.807, 2.05) is 38.1 Å². The molecule has 1 aliphatic rings. The Bertz CT molecular complexity index is 733. The summed E-state index contributed by atoms with van der Waals surface area (Å²) in [5.41, 5.74) is 2.58. The van der Waals surface area contributed by atoms with Crippen molar-refractivity contribution in [2.45, 2.75) is 38.9 Å². The van der Waals surface area contributed by atoms with Gasteiger partial charge in [-0.1, -0.05) is 0 Å². The average molecular weight is 368 g/mol. The SMILES string of the molecule is COC1CCN(c2ccc(NC(=O)c3ccc(OC(C)C)cc3)cc2)CC1. The predicted molar refractivity (Wildman–Crippen MR) is 109 cm³/mol. The van der Waals surface area contributed by atoms with E-state index in [0.29, 0.717) is 11.7 Å². The highest BCUT2D eigenvalue weighted by molar-refractivity contribution is 6.04. The van der Waals surface area contributed by atoms with Gasteiger partial charge < -0.3 is 19.7 Å². The minimum Gasteiger partial charge on any atom is -0.491 e. The number of nitrogens with zero attached hydrogens (tertiary/aromatic N) is 1. The number of benzene rings is 2. The van der Waals surface area contributed by atoms with E-state index < -0.39 is 0 Å². The lowest BCUT2D eigenvalue weighted by molar-refractivity contribution is 0.0819. The third kappa shape index (κ3) is 5.23. The Morgan fingerprint density at radius 3 is 2.22 bits per heavy atom. The lowest BCUT2D eigenvalue weighted by atomic mass is 10.1. The maximum Gasteiger partial charge on any atom is 0.255 e. The highest BCUT2D eigenvalue weighted by atomic mass is 16.5. The van der Waals surface area contributed by atoms with Crippen molar-refractivity contribution in [2.75, 3.05) is 30.4 Å². The molecule has 1 fully saturated rings. The Morgan fingerprint density at radius 2 is 1.67 bits per heavy atom. The molecule has 1 amide bonds. The smallest absolute Gasteiger partial charge is 0.255 e. The van der Waals surface area contributed by atoms with Crippen molar-refractivity contribution in [3.05, 3.63) is 54.1 Å². The highest BCUT2D eigenvalue weighted by Gasteiger charge is 2.18. The van der Waals surface area contributed by atoms with E-state index in [-0.39, 0.29) is 12.0 Å². The fourth-order valence-electron chi connectivity index (χ4n) is 3.27. The quantitative estimate of drug-likeness (QED) is 0.824. The number of amides is 1. The van der Waals surface area contributed by atoms with Crippen LogP contribution in [0.3, 0.4) is 0 Å². The lowest BCUT2D eigenvalue weighted by Crippen LogP contribution is -2.36. The zero-order valence-corrected chi connectivity index (χ0v) is 16.3. The fourth-order valence-corrected chi connectivity index (χ4v) is 3.27. The molecular formula is C22H28N2O3. The minimum absolute atomic E-state index is 0.114. The van der Waals surface area contributed by atoms with Crippen LogP contribution in [0.25, 0.3) is 0 Å². The van der Waals surface area contributed by atoms with E-state index in [2.05, 4.69) is 22.3 Å². The molecule has 2 aromatic rings. The van der Waals surface area contributed by atoms with Crippen molar-refractivity contribution in [3.8, 4) is 5.75 Å². The van der Waals surface area contributed by atoms with Crippen molar-refractivity contribution < 1.29 is 14.3 Å². The number of hydrogen-bond acceptors (Lipinski definition) is 4. The van der Waals surface area contributed by atoms with Crippen LogP contribution in [-0.2, 0) is 4.74 Å². The molecule has 1 aliphatic heterocycles. The molecule has 2 aromatic carbocycles. The number of rotatable bonds is 6. The molecule has 0 radical (unpaired) electrons. The molecule has 1 saturated heterocycles. The van der Waals surface area contributed by atoms with Gasteiger partial charge in [-0.25, -0.2) is 0 Å². The van der Waals surface area contributed by atoms with Gasteiger partial charge >= 0.3 is 0 Å². The molecule has 3 rings (SSSR count). The summed E-state index contributed by atoms with van der Waals surface area (Å²) in [5, 5.41) is 2.95. The number of piperidine rings is 1. The molecule has 0 aromatic heterocycles. The molecular weight excluding hydrogens is 340 g/mol. The standard InChI is InChI=1S/C22H28N2O3/c1-16(2)27-21-10-4-17(5-11-21)22(25)23-18-6-8-19(9-7-18)24-14-12-20(26-3)13-15-24/h4-11,16,20H,12-15H2,1-3H3,(H,23,25). The van der Waals surface area contributed by atoms with Gasteiger partial charge in [-0.15, -0.1) is 0 Å². The summed E-state index contributed by atoms with van der Waals surface area (Å²) in [7, 11) is 1.78. The number of ether oxygens (including phenoxy) is 2. The zero-order valence-electron chi connectivity index (χ0n) is 16.3. The topological polar surface area (TPSA) is 50.8 Å². The van der Waals surface area contributed by atoms with E-state index in [0.717, 1.165) is 37.4 Å². The number of carbonyl (C=O) groups is 1. The summed E-state index contributed by atoms with van der Waals surface area (Å²) >= 11 is 0. The second-order valence-corrected chi connectivity index (χ2v) is 7.11. The summed E-state index contributed by atoms with van der Waals surface area (Å²) in [6, 6.07) is 15.2. The monoisotopic (exact) mass is 368 g/mol. The first kappa shape index (κ1) is 19.2. The second-order valence-electron chi connectivity index (χ2n) is 7.11. The maximum atomic E-state index is 12.4.